The molecule has 0 spiro atoms. The Balaban J connectivity index is 1.99. The topological polar surface area (TPSA) is 26.0 Å². The quantitative estimate of drug-likeness (QED) is 0.889. The third-order valence-corrected chi connectivity index (χ3v) is 3.43. The lowest BCUT2D eigenvalue weighted by molar-refractivity contribution is 0.665. The predicted molar refractivity (Wildman–Crippen MR) is 78.0 cm³/mol. The Bertz CT molecular complexity index is 505. The lowest BCUT2D eigenvalue weighted by Gasteiger charge is -2.13. The van der Waals surface area contributed by atoms with Gasteiger partial charge in [0, 0.05) is 11.1 Å². The van der Waals surface area contributed by atoms with Crippen LogP contribution in [-0.4, -0.2) is 6.04 Å². The number of hydrogen-bond acceptors (Lipinski definition) is 1. The Morgan fingerprint density at radius 2 is 1.67 bits per heavy atom. The highest BCUT2D eigenvalue weighted by molar-refractivity contribution is 6.31. The van der Waals surface area contributed by atoms with Crippen LogP contribution in [-0.2, 0) is 12.8 Å². The van der Waals surface area contributed by atoms with Gasteiger partial charge in [-0.05, 0) is 37.0 Å². The molecule has 1 nitrogen and oxygen atoms in total. The molecule has 1 unspecified atom stereocenters. The van der Waals surface area contributed by atoms with Gasteiger partial charge in [0.15, 0.2) is 0 Å². The maximum atomic E-state index is 6.19. The van der Waals surface area contributed by atoms with E-state index in [0.29, 0.717) is 0 Å². The van der Waals surface area contributed by atoms with E-state index in [1.807, 2.05) is 24.3 Å². The van der Waals surface area contributed by atoms with E-state index in [9.17, 15) is 0 Å². The Hall–Kier alpha value is -1.31. The number of aryl methyl sites for hydroxylation is 1. The van der Waals surface area contributed by atoms with Gasteiger partial charge >= 0.3 is 0 Å². The SMILES string of the molecule is Cc1ccc(CC(N)Cc2ccccc2Cl)cc1. The molecule has 0 heterocycles. The summed E-state index contributed by atoms with van der Waals surface area (Å²) in [5, 5.41) is 0.803. The summed E-state index contributed by atoms with van der Waals surface area (Å²) in [5.74, 6) is 0. The molecule has 0 amide bonds. The minimum Gasteiger partial charge on any atom is -0.327 e. The second-order valence-corrected chi connectivity index (χ2v) is 5.15. The van der Waals surface area contributed by atoms with Crippen LogP contribution in [0, 0.1) is 6.92 Å². The molecule has 2 aromatic rings. The molecule has 94 valence electrons. The monoisotopic (exact) mass is 259 g/mol. The van der Waals surface area contributed by atoms with Crippen LogP contribution >= 0.6 is 11.6 Å². The minimum absolute atomic E-state index is 0.104. The molecule has 2 aromatic carbocycles. The lowest BCUT2D eigenvalue weighted by atomic mass is 9.99. The summed E-state index contributed by atoms with van der Waals surface area (Å²) in [7, 11) is 0. The molecule has 0 radical (unpaired) electrons. The highest BCUT2D eigenvalue weighted by Gasteiger charge is 2.07. The maximum absolute atomic E-state index is 6.19. The molecule has 18 heavy (non-hydrogen) atoms. The second-order valence-electron chi connectivity index (χ2n) is 4.75. The van der Waals surface area contributed by atoms with E-state index in [2.05, 4.69) is 31.2 Å². The van der Waals surface area contributed by atoms with Crippen LogP contribution < -0.4 is 5.73 Å². The first-order chi connectivity index (χ1) is 8.65. The molecule has 0 aliphatic heterocycles. The van der Waals surface area contributed by atoms with Gasteiger partial charge in [-0.2, -0.15) is 0 Å². The molecule has 0 saturated heterocycles. The van der Waals surface area contributed by atoms with Crippen molar-refractivity contribution in [3.63, 3.8) is 0 Å². The van der Waals surface area contributed by atoms with Crippen LogP contribution in [0.4, 0.5) is 0 Å². The Morgan fingerprint density at radius 3 is 2.33 bits per heavy atom. The molecule has 1 atom stereocenters. The average Bonchev–Trinajstić information content (AvgIpc) is 2.35. The minimum atomic E-state index is 0.104. The Morgan fingerprint density at radius 1 is 1.00 bits per heavy atom. The van der Waals surface area contributed by atoms with Gasteiger partial charge in [0.25, 0.3) is 0 Å². The van der Waals surface area contributed by atoms with Gasteiger partial charge in [0.2, 0.25) is 0 Å². The summed E-state index contributed by atoms with van der Waals surface area (Å²) in [6.07, 6.45) is 1.69. The van der Waals surface area contributed by atoms with Crippen molar-refractivity contribution < 1.29 is 0 Å². The molecular weight excluding hydrogens is 242 g/mol. The van der Waals surface area contributed by atoms with Gasteiger partial charge in [0.1, 0.15) is 0 Å². The highest BCUT2D eigenvalue weighted by atomic mass is 35.5. The number of hydrogen-bond donors (Lipinski definition) is 1. The fourth-order valence-corrected chi connectivity index (χ4v) is 2.26. The molecule has 0 aromatic heterocycles. The van der Waals surface area contributed by atoms with E-state index < -0.39 is 0 Å². The fraction of sp³-hybridized carbons (Fsp3) is 0.250. The van der Waals surface area contributed by atoms with Crippen molar-refractivity contribution in [1.82, 2.24) is 0 Å². The first-order valence-electron chi connectivity index (χ1n) is 6.19. The lowest BCUT2D eigenvalue weighted by Crippen LogP contribution is -2.25. The predicted octanol–water partition coefficient (Wildman–Crippen LogP) is 3.76. The van der Waals surface area contributed by atoms with Crippen molar-refractivity contribution >= 4 is 11.6 Å². The first-order valence-corrected chi connectivity index (χ1v) is 6.57. The van der Waals surface area contributed by atoms with Crippen LogP contribution in [0.3, 0.4) is 0 Å². The van der Waals surface area contributed by atoms with Crippen LogP contribution in [0.1, 0.15) is 16.7 Å². The molecule has 0 aliphatic rings. The number of halogens is 1. The second kappa shape index (κ2) is 6.03. The van der Waals surface area contributed by atoms with E-state index in [-0.39, 0.29) is 6.04 Å². The third kappa shape index (κ3) is 3.59. The molecular formula is C16H18ClN. The van der Waals surface area contributed by atoms with E-state index in [0.717, 1.165) is 23.4 Å². The molecule has 0 aliphatic carbocycles. The standard InChI is InChI=1S/C16H18ClN/c1-12-6-8-13(9-7-12)10-15(18)11-14-4-2-3-5-16(14)17/h2-9,15H,10-11,18H2,1H3. The van der Waals surface area contributed by atoms with Crippen LogP contribution in [0.15, 0.2) is 48.5 Å². The summed E-state index contributed by atoms with van der Waals surface area (Å²) in [6, 6.07) is 16.5. The largest absolute Gasteiger partial charge is 0.327 e. The summed E-state index contributed by atoms with van der Waals surface area (Å²) in [5.41, 5.74) is 9.86. The van der Waals surface area contributed by atoms with Crippen LogP contribution in [0.25, 0.3) is 0 Å². The molecule has 0 saturated carbocycles. The van der Waals surface area contributed by atoms with E-state index in [1.54, 1.807) is 0 Å². The van der Waals surface area contributed by atoms with Crippen LogP contribution in [0.2, 0.25) is 5.02 Å². The van der Waals surface area contributed by atoms with E-state index in [4.69, 9.17) is 17.3 Å². The third-order valence-electron chi connectivity index (χ3n) is 3.06. The molecule has 0 bridgehead atoms. The van der Waals surface area contributed by atoms with Gasteiger partial charge in [-0.15, -0.1) is 0 Å². The molecule has 2 heteroatoms. The van der Waals surface area contributed by atoms with Gasteiger partial charge in [-0.3, -0.25) is 0 Å². The van der Waals surface area contributed by atoms with Crippen molar-refractivity contribution in [1.29, 1.82) is 0 Å². The summed E-state index contributed by atoms with van der Waals surface area (Å²) in [6.45, 7) is 2.09. The summed E-state index contributed by atoms with van der Waals surface area (Å²) in [4.78, 5) is 0. The van der Waals surface area contributed by atoms with Crippen molar-refractivity contribution in [2.24, 2.45) is 5.73 Å². The number of nitrogens with two attached hydrogens (primary N) is 1. The van der Waals surface area contributed by atoms with Crippen molar-refractivity contribution in [2.45, 2.75) is 25.8 Å². The maximum Gasteiger partial charge on any atom is 0.0438 e. The van der Waals surface area contributed by atoms with E-state index in [1.165, 1.54) is 11.1 Å². The van der Waals surface area contributed by atoms with Crippen LogP contribution in [0.5, 0.6) is 0 Å². The number of benzene rings is 2. The summed E-state index contributed by atoms with van der Waals surface area (Å²) < 4.78 is 0. The molecule has 2 rings (SSSR count). The zero-order chi connectivity index (χ0) is 13.0. The first kappa shape index (κ1) is 13.1. The normalized spacial score (nSPS) is 12.4. The highest BCUT2D eigenvalue weighted by Crippen LogP contribution is 2.17. The zero-order valence-corrected chi connectivity index (χ0v) is 11.3. The fourth-order valence-electron chi connectivity index (χ4n) is 2.05. The van der Waals surface area contributed by atoms with Crippen molar-refractivity contribution in [3.8, 4) is 0 Å². The van der Waals surface area contributed by atoms with Crippen molar-refractivity contribution in [3.05, 3.63) is 70.2 Å². The summed E-state index contributed by atoms with van der Waals surface area (Å²) >= 11 is 6.14. The van der Waals surface area contributed by atoms with E-state index >= 15 is 0 Å². The van der Waals surface area contributed by atoms with Crippen molar-refractivity contribution in [2.75, 3.05) is 0 Å². The number of rotatable bonds is 4. The smallest absolute Gasteiger partial charge is 0.0438 e. The van der Waals surface area contributed by atoms with Gasteiger partial charge in [-0.1, -0.05) is 59.6 Å². The molecule has 2 N–H and O–H groups in total. The van der Waals surface area contributed by atoms with Gasteiger partial charge < -0.3 is 5.73 Å². The van der Waals surface area contributed by atoms with Gasteiger partial charge in [-0.25, -0.2) is 0 Å². The molecule has 0 fully saturated rings. The Labute approximate surface area is 114 Å². The Kier molecular flexibility index (Phi) is 4.40. The zero-order valence-electron chi connectivity index (χ0n) is 10.6. The average molecular weight is 260 g/mol. The van der Waals surface area contributed by atoms with Gasteiger partial charge in [0.05, 0.1) is 0 Å².